The second-order valence-electron chi connectivity index (χ2n) is 5.13. The Kier molecular flexibility index (Phi) is 5.08. The standard InChI is InChI=1S/C13H23N5O2/c1-9(15-13(19)10(8-14)20-2)12-17-16-11-6-4-3-5-7-18(11)12/h9-10H,3-8,14H2,1-2H3,(H,15,19). The van der Waals surface area contributed by atoms with Crippen LogP contribution in [0.2, 0.25) is 0 Å². The lowest BCUT2D eigenvalue weighted by atomic mass is 10.2. The van der Waals surface area contributed by atoms with Crippen molar-refractivity contribution >= 4 is 5.91 Å². The van der Waals surface area contributed by atoms with E-state index in [0.29, 0.717) is 0 Å². The van der Waals surface area contributed by atoms with Crippen molar-refractivity contribution in [3.63, 3.8) is 0 Å². The van der Waals surface area contributed by atoms with E-state index in [1.54, 1.807) is 0 Å². The fraction of sp³-hybridized carbons (Fsp3) is 0.769. The summed E-state index contributed by atoms with van der Waals surface area (Å²) < 4.78 is 7.16. The van der Waals surface area contributed by atoms with Gasteiger partial charge in [-0.05, 0) is 19.8 Å². The SMILES string of the molecule is COC(CN)C(=O)NC(C)c1nnc2n1CCCCC2. The largest absolute Gasteiger partial charge is 0.370 e. The van der Waals surface area contributed by atoms with Gasteiger partial charge in [0, 0.05) is 26.6 Å². The van der Waals surface area contributed by atoms with Crippen LogP contribution in [-0.4, -0.2) is 40.4 Å². The van der Waals surface area contributed by atoms with Gasteiger partial charge in [0.15, 0.2) is 5.82 Å². The van der Waals surface area contributed by atoms with Crippen LogP contribution < -0.4 is 11.1 Å². The Balaban J connectivity index is 2.08. The highest BCUT2D eigenvalue weighted by atomic mass is 16.5. The average Bonchev–Trinajstić information content (AvgIpc) is 2.69. The van der Waals surface area contributed by atoms with Crippen LogP contribution in [0.1, 0.15) is 43.9 Å². The van der Waals surface area contributed by atoms with Gasteiger partial charge < -0.3 is 20.4 Å². The third kappa shape index (κ3) is 3.16. The molecule has 7 nitrogen and oxygen atoms in total. The van der Waals surface area contributed by atoms with E-state index in [4.69, 9.17) is 10.5 Å². The van der Waals surface area contributed by atoms with Gasteiger partial charge in [0.05, 0.1) is 6.04 Å². The highest BCUT2D eigenvalue weighted by molar-refractivity contribution is 5.81. The molecule has 1 amide bonds. The highest BCUT2D eigenvalue weighted by Gasteiger charge is 2.23. The van der Waals surface area contributed by atoms with Crippen molar-refractivity contribution in [2.75, 3.05) is 13.7 Å². The van der Waals surface area contributed by atoms with Crippen LogP contribution in [0.4, 0.5) is 0 Å². The number of amides is 1. The molecule has 0 aliphatic carbocycles. The van der Waals surface area contributed by atoms with Crippen molar-refractivity contribution in [3.8, 4) is 0 Å². The number of rotatable bonds is 5. The summed E-state index contributed by atoms with van der Waals surface area (Å²) >= 11 is 0. The molecule has 2 atom stereocenters. The summed E-state index contributed by atoms with van der Waals surface area (Å²) in [7, 11) is 1.48. The molecule has 2 unspecified atom stereocenters. The van der Waals surface area contributed by atoms with Crippen molar-refractivity contribution in [1.82, 2.24) is 20.1 Å². The number of nitrogens with two attached hydrogens (primary N) is 1. The molecular formula is C13H23N5O2. The smallest absolute Gasteiger partial charge is 0.251 e. The molecule has 1 aromatic rings. The zero-order chi connectivity index (χ0) is 14.5. The summed E-state index contributed by atoms with van der Waals surface area (Å²) in [6, 6.07) is -0.203. The summed E-state index contributed by atoms with van der Waals surface area (Å²) in [5.41, 5.74) is 5.49. The van der Waals surface area contributed by atoms with Gasteiger partial charge in [-0.1, -0.05) is 6.42 Å². The Morgan fingerprint density at radius 1 is 1.45 bits per heavy atom. The van der Waals surface area contributed by atoms with Gasteiger partial charge in [0.2, 0.25) is 0 Å². The van der Waals surface area contributed by atoms with E-state index in [9.17, 15) is 4.79 Å². The fourth-order valence-electron chi connectivity index (χ4n) is 2.51. The normalized spacial score (nSPS) is 17.9. The van der Waals surface area contributed by atoms with Crippen LogP contribution in [0.15, 0.2) is 0 Å². The van der Waals surface area contributed by atoms with Gasteiger partial charge in [-0.15, -0.1) is 10.2 Å². The van der Waals surface area contributed by atoms with Crippen molar-refractivity contribution in [3.05, 3.63) is 11.6 Å². The number of aryl methyl sites for hydroxylation is 1. The summed E-state index contributed by atoms with van der Waals surface area (Å²) in [5, 5.41) is 11.4. The van der Waals surface area contributed by atoms with Gasteiger partial charge in [-0.3, -0.25) is 4.79 Å². The number of nitrogens with one attached hydrogen (secondary N) is 1. The molecule has 0 spiro atoms. The molecule has 0 fully saturated rings. The Labute approximate surface area is 118 Å². The van der Waals surface area contributed by atoms with E-state index in [1.807, 2.05) is 6.92 Å². The first-order chi connectivity index (χ1) is 9.67. The second kappa shape index (κ2) is 6.81. The number of fused-ring (bicyclic) bond motifs is 1. The van der Waals surface area contributed by atoms with Crippen LogP contribution in [0.3, 0.4) is 0 Å². The van der Waals surface area contributed by atoms with Gasteiger partial charge in [-0.2, -0.15) is 0 Å². The van der Waals surface area contributed by atoms with E-state index < -0.39 is 6.10 Å². The van der Waals surface area contributed by atoms with E-state index in [1.165, 1.54) is 13.5 Å². The Morgan fingerprint density at radius 2 is 2.25 bits per heavy atom. The van der Waals surface area contributed by atoms with E-state index in [2.05, 4.69) is 20.1 Å². The first kappa shape index (κ1) is 14.9. The minimum absolute atomic E-state index is 0.160. The molecule has 0 saturated carbocycles. The summed E-state index contributed by atoms with van der Waals surface area (Å²) in [6.07, 6.45) is 3.82. The highest BCUT2D eigenvalue weighted by Crippen LogP contribution is 2.18. The first-order valence-corrected chi connectivity index (χ1v) is 7.12. The quantitative estimate of drug-likeness (QED) is 0.801. The van der Waals surface area contributed by atoms with Gasteiger partial charge in [0.1, 0.15) is 11.9 Å². The Hall–Kier alpha value is -1.47. The van der Waals surface area contributed by atoms with Crippen molar-refractivity contribution in [2.45, 2.75) is 51.3 Å². The molecule has 3 N–H and O–H groups in total. The van der Waals surface area contributed by atoms with Crippen LogP contribution in [0, 0.1) is 0 Å². The predicted octanol–water partition coefficient (Wildman–Crippen LogP) is 0.155. The van der Waals surface area contributed by atoms with Crippen molar-refractivity contribution in [1.29, 1.82) is 0 Å². The number of ether oxygens (including phenoxy) is 1. The molecule has 7 heteroatoms. The molecule has 1 aromatic heterocycles. The minimum atomic E-state index is -0.621. The van der Waals surface area contributed by atoms with Crippen molar-refractivity contribution in [2.24, 2.45) is 5.73 Å². The van der Waals surface area contributed by atoms with Gasteiger partial charge in [-0.25, -0.2) is 0 Å². The lowest BCUT2D eigenvalue weighted by Gasteiger charge is -2.18. The minimum Gasteiger partial charge on any atom is -0.370 e. The second-order valence-corrected chi connectivity index (χ2v) is 5.13. The number of methoxy groups -OCH3 is 1. The van der Waals surface area contributed by atoms with Crippen LogP contribution in [-0.2, 0) is 22.5 Å². The molecule has 0 saturated heterocycles. The summed E-state index contributed by atoms with van der Waals surface area (Å²) in [5.74, 6) is 1.61. The van der Waals surface area contributed by atoms with E-state index >= 15 is 0 Å². The zero-order valence-electron chi connectivity index (χ0n) is 12.1. The number of aromatic nitrogens is 3. The third-order valence-corrected chi connectivity index (χ3v) is 3.68. The van der Waals surface area contributed by atoms with Crippen LogP contribution in [0.25, 0.3) is 0 Å². The number of hydrogen-bond donors (Lipinski definition) is 2. The number of nitrogens with zero attached hydrogens (tertiary/aromatic N) is 3. The molecule has 112 valence electrons. The predicted molar refractivity (Wildman–Crippen MR) is 74.0 cm³/mol. The molecule has 0 radical (unpaired) electrons. The molecular weight excluding hydrogens is 258 g/mol. The molecule has 20 heavy (non-hydrogen) atoms. The maximum atomic E-state index is 12.0. The lowest BCUT2D eigenvalue weighted by molar-refractivity contribution is -0.131. The van der Waals surface area contributed by atoms with E-state index in [0.717, 1.165) is 37.5 Å². The molecule has 1 aliphatic heterocycles. The van der Waals surface area contributed by atoms with E-state index in [-0.39, 0.29) is 18.5 Å². The Morgan fingerprint density at radius 3 is 2.95 bits per heavy atom. The number of hydrogen-bond acceptors (Lipinski definition) is 5. The fourth-order valence-corrected chi connectivity index (χ4v) is 2.51. The molecule has 0 aromatic carbocycles. The maximum Gasteiger partial charge on any atom is 0.251 e. The topological polar surface area (TPSA) is 95.1 Å². The zero-order valence-corrected chi connectivity index (χ0v) is 12.1. The molecule has 2 heterocycles. The summed E-state index contributed by atoms with van der Waals surface area (Å²) in [4.78, 5) is 12.0. The first-order valence-electron chi connectivity index (χ1n) is 7.12. The molecule has 0 bridgehead atoms. The lowest BCUT2D eigenvalue weighted by Crippen LogP contribution is -2.42. The average molecular weight is 281 g/mol. The molecule has 1 aliphatic rings. The van der Waals surface area contributed by atoms with Gasteiger partial charge >= 0.3 is 0 Å². The van der Waals surface area contributed by atoms with Gasteiger partial charge in [0.25, 0.3) is 5.91 Å². The van der Waals surface area contributed by atoms with Crippen LogP contribution in [0.5, 0.6) is 0 Å². The number of carbonyl (C=O) groups excluding carboxylic acids is 1. The van der Waals surface area contributed by atoms with Crippen LogP contribution >= 0.6 is 0 Å². The maximum absolute atomic E-state index is 12.0. The third-order valence-electron chi connectivity index (χ3n) is 3.68. The molecule has 2 rings (SSSR count). The monoisotopic (exact) mass is 281 g/mol. The number of carbonyl (C=O) groups is 1. The van der Waals surface area contributed by atoms with Crippen molar-refractivity contribution < 1.29 is 9.53 Å². The Bertz CT molecular complexity index is 456. The summed E-state index contributed by atoms with van der Waals surface area (Å²) in [6.45, 7) is 2.98.